The number of nitrogens with one attached hydrogen (secondary N) is 1. The van der Waals surface area contributed by atoms with Crippen molar-refractivity contribution in [1.82, 2.24) is 5.32 Å². The van der Waals surface area contributed by atoms with Gasteiger partial charge in [-0.2, -0.15) is 11.8 Å². The third-order valence-corrected chi connectivity index (χ3v) is 4.49. The monoisotopic (exact) mass is 201 g/mol. The maximum absolute atomic E-state index is 5.53. The second-order valence-corrected chi connectivity index (χ2v) is 5.17. The average molecular weight is 201 g/mol. The van der Waals surface area contributed by atoms with Gasteiger partial charge in [0, 0.05) is 23.9 Å². The lowest BCUT2D eigenvalue weighted by atomic mass is 9.91. The molecule has 1 saturated carbocycles. The highest BCUT2D eigenvalue weighted by Crippen LogP contribution is 2.31. The largest absolute Gasteiger partial charge is 0.377 e. The van der Waals surface area contributed by atoms with Crippen LogP contribution in [0, 0.1) is 0 Å². The summed E-state index contributed by atoms with van der Waals surface area (Å²) in [5.74, 6) is 0. The van der Waals surface area contributed by atoms with E-state index in [1.54, 1.807) is 0 Å². The van der Waals surface area contributed by atoms with E-state index in [4.69, 9.17) is 4.74 Å². The molecule has 3 heteroatoms. The van der Waals surface area contributed by atoms with Crippen molar-refractivity contribution in [3.63, 3.8) is 0 Å². The van der Waals surface area contributed by atoms with E-state index in [-0.39, 0.29) is 0 Å². The van der Waals surface area contributed by atoms with Gasteiger partial charge in [-0.15, -0.1) is 0 Å². The highest BCUT2D eigenvalue weighted by atomic mass is 32.2. The van der Waals surface area contributed by atoms with Crippen molar-refractivity contribution in [3.05, 3.63) is 0 Å². The van der Waals surface area contributed by atoms with Gasteiger partial charge in [-0.3, -0.25) is 0 Å². The van der Waals surface area contributed by atoms with Crippen LogP contribution in [0.15, 0.2) is 0 Å². The van der Waals surface area contributed by atoms with E-state index >= 15 is 0 Å². The Kier molecular flexibility index (Phi) is 3.17. The zero-order valence-corrected chi connectivity index (χ0v) is 9.27. The van der Waals surface area contributed by atoms with Gasteiger partial charge in [-0.1, -0.05) is 0 Å². The SMILES string of the molecule is CSC1CCC1NC1CCOC1C. The van der Waals surface area contributed by atoms with E-state index in [0.717, 1.165) is 17.9 Å². The van der Waals surface area contributed by atoms with Crippen LogP contribution in [0.4, 0.5) is 0 Å². The van der Waals surface area contributed by atoms with Crippen molar-refractivity contribution < 1.29 is 4.74 Å². The van der Waals surface area contributed by atoms with Gasteiger partial charge in [0.15, 0.2) is 0 Å². The lowest BCUT2D eigenvalue weighted by Gasteiger charge is -2.38. The molecule has 1 aliphatic carbocycles. The minimum absolute atomic E-state index is 0.420. The fourth-order valence-corrected chi connectivity index (χ4v) is 3.08. The Hall–Kier alpha value is 0.270. The molecule has 4 atom stereocenters. The first-order chi connectivity index (χ1) is 6.31. The Morgan fingerprint density at radius 3 is 2.54 bits per heavy atom. The summed E-state index contributed by atoms with van der Waals surface area (Å²) < 4.78 is 5.53. The molecule has 0 bridgehead atoms. The summed E-state index contributed by atoms with van der Waals surface area (Å²) in [4.78, 5) is 0. The molecule has 1 aliphatic heterocycles. The minimum Gasteiger partial charge on any atom is -0.377 e. The summed E-state index contributed by atoms with van der Waals surface area (Å²) >= 11 is 2.00. The standard InChI is InChI=1S/C10H19NOS/c1-7-8(5-6-12-7)11-9-3-4-10(9)13-2/h7-11H,3-6H2,1-2H3. The number of ether oxygens (including phenoxy) is 1. The van der Waals surface area contributed by atoms with Crippen molar-refractivity contribution >= 4 is 11.8 Å². The van der Waals surface area contributed by atoms with Gasteiger partial charge in [0.1, 0.15) is 0 Å². The Balaban J connectivity index is 1.77. The smallest absolute Gasteiger partial charge is 0.0700 e. The fraction of sp³-hybridized carbons (Fsp3) is 1.00. The molecule has 0 radical (unpaired) electrons. The minimum atomic E-state index is 0.420. The fourth-order valence-electron chi connectivity index (χ4n) is 2.17. The molecule has 1 heterocycles. The van der Waals surface area contributed by atoms with Crippen LogP contribution in [0.2, 0.25) is 0 Å². The lowest BCUT2D eigenvalue weighted by Crippen LogP contribution is -2.52. The highest BCUT2D eigenvalue weighted by Gasteiger charge is 2.34. The number of thioether (sulfide) groups is 1. The van der Waals surface area contributed by atoms with Gasteiger partial charge in [-0.25, -0.2) is 0 Å². The number of hydrogen-bond acceptors (Lipinski definition) is 3. The van der Waals surface area contributed by atoms with Crippen molar-refractivity contribution in [2.45, 2.75) is 49.6 Å². The van der Waals surface area contributed by atoms with Gasteiger partial charge in [0.2, 0.25) is 0 Å². The third-order valence-electron chi connectivity index (χ3n) is 3.32. The van der Waals surface area contributed by atoms with Gasteiger partial charge in [0.25, 0.3) is 0 Å². The van der Waals surface area contributed by atoms with Crippen LogP contribution in [0.5, 0.6) is 0 Å². The second-order valence-electron chi connectivity index (χ2n) is 4.10. The molecule has 0 spiro atoms. The molecule has 2 aliphatic rings. The van der Waals surface area contributed by atoms with Crippen LogP contribution in [-0.4, -0.2) is 36.3 Å². The summed E-state index contributed by atoms with van der Waals surface area (Å²) in [6, 6.07) is 1.36. The maximum Gasteiger partial charge on any atom is 0.0700 e. The maximum atomic E-state index is 5.53. The molecule has 4 unspecified atom stereocenters. The molecule has 2 rings (SSSR count). The lowest BCUT2D eigenvalue weighted by molar-refractivity contribution is 0.108. The molecule has 1 saturated heterocycles. The third kappa shape index (κ3) is 2.03. The quantitative estimate of drug-likeness (QED) is 0.750. The predicted octanol–water partition coefficient (Wildman–Crippen LogP) is 1.65. The van der Waals surface area contributed by atoms with E-state index in [2.05, 4.69) is 18.5 Å². The molecule has 76 valence electrons. The average Bonchev–Trinajstić information content (AvgIpc) is 2.46. The predicted molar refractivity (Wildman–Crippen MR) is 57.3 cm³/mol. The van der Waals surface area contributed by atoms with Crippen LogP contribution in [0.3, 0.4) is 0 Å². The first-order valence-electron chi connectivity index (χ1n) is 5.21. The van der Waals surface area contributed by atoms with E-state index in [1.807, 2.05) is 11.8 Å². The summed E-state index contributed by atoms with van der Waals surface area (Å²) in [7, 11) is 0. The molecule has 2 fully saturated rings. The van der Waals surface area contributed by atoms with Crippen molar-refractivity contribution in [1.29, 1.82) is 0 Å². The van der Waals surface area contributed by atoms with Crippen LogP contribution in [0.1, 0.15) is 26.2 Å². The molecule has 0 aromatic rings. The van der Waals surface area contributed by atoms with Crippen molar-refractivity contribution in [2.75, 3.05) is 12.9 Å². The van der Waals surface area contributed by atoms with Crippen molar-refractivity contribution in [2.24, 2.45) is 0 Å². The van der Waals surface area contributed by atoms with Crippen LogP contribution in [0.25, 0.3) is 0 Å². The summed E-state index contributed by atoms with van der Waals surface area (Å²) in [6.07, 6.45) is 6.57. The highest BCUT2D eigenvalue weighted by molar-refractivity contribution is 7.99. The number of hydrogen-bond donors (Lipinski definition) is 1. The molecular weight excluding hydrogens is 182 g/mol. The Morgan fingerprint density at radius 1 is 1.23 bits per heavy atom. The zero-order chi connectivity index (χ0) is 9.26. The molecule has 2 nitrogen and oxygen atoms in total. The molecule has 1 N–H and O–H groups in total. The molecule has 0 aromatic heterocycles. The molecule has 13 heavy (non-hydrogen) atoms. The van der Waals surface area contributed by atoms with Gasteiger partial charge < -0.3 is 10.1 Å². The van der Waals surface area contributed by atoms with Crippen LogP contribution >= 0.6 is 11.8 Å². The van der Waals surface area contributed by atoms with E-state index in [9.17, 15) is 0 Å². The topological polar surface area (TPSA) is 21.3 Å². The number of rotatable bonds is 3. The Morgan fingerprint density at radius 2 is 2.08 bits per heavy atom. The zero-order valence-electron chi connectivity index (χ0n) is 8.45. The second kappa shape index (κ2) is 4.20. The first-order valence-corrected chi connectivity index (χ1v) is 6.50. The van der Waals surface area contributed by atoms with Gasteiger partial charge >= 0.3 is 0 Å². The summed E-state index contributed by atoms with van der Waals surface area (Å²) in [6.45, 7) is 3.12. The Labute approximate surface area is 84.8 Å². The summed E-state index contributed by atoms with van der Waals surface area (Å²) in [5.41, 5.74) is 0. The molecule has 0 amide bonds. The van der Waals surface area contributed by atoms with E-state index in [0.29, 0.717) is 12.1 Å². The molecule has 0 aromatic carbocycles. The molecular formula is C10H19NOS. The van der Waals surface area contributed by atoms with E-state index < -0.39 is 0 Å². The van der Waals surface area contributed by atoms with E-state index in [1.165, 1.54) is 19.3 Å². The van der Waals surface area contributed by atoms with Crippen LogP contribution < -0.4 is 5.32 Å². The van der Waals surface area contributed by atoms with Gasteiger partial charge in [0.05, 0.1) is 6.10 Å². The van der Waals surface area contributed by atoms with Crippen molar-refractivity contribution in [3.8, 4) is 0 Å². The summed E-state index contributed by atoms with van der Waals surface area (Å²) in [5, 5.41) is 4.57. The first kappa shape index (κ1) is 9.81. The van der Waals surface area contributed by atoms with Gasteiger partial charge in [-0.05, 0) is 32.4 Å². The normalized spacial score (nSPS) is 44.8. The van der Waals surface area contributed by atoms with Crippen LogP contribution in [-0.2, 0) is 4.74 Å². The Bertz CT molecular complexity index is 174.